The molecular formula is C13H10FNO2S. The van der Waals surface area contributed by atoms with E-state index in [-0.39, 0.29) is 17.1 Å². The average Bonchev–Trinajstić information content (AvgIpc) is 2.32. The molecule has 2 rings (SSSR count). The zero-order valence-electron chi connectivity index (χ0n) is 9.26. The molecule has 0 fully saturated rings. The molecule has 0 aliphatic rings. The van der Waals surface area contributed by atoms with Gasteiger partial charge in [-0.3, -0.25) is 0 Å². The second kappa shape index (κ2) is 5.10. The molecule has 0 atom stereocenters. The molecule has 0 amide bonds. The van der Waals surface area contributed by atoms with E-state index in [1.165, 1.54) is 30.0 Å². The summed E-state index contributed by atoms with van der Waals surface area (Å²) in [6.07, 6.45) is 0. The maximum absolute atomic E-state index is 12.7. The predicted molar refractivity (Wildman–Crippen MR) is 68.3 cm³/mol. The second-order valence-electron chi connectivity index (χ2n) is 3.61. The molecule has 0 saturated carbocycles. The Labute approximate surface area is 107 Å². The lowest BCUT2D eigenvalue weighted by Crippen LogP contribution is -2.01. The Kier molecular flexibility index (Phi) is 3.53. The summed E-state index contributed by atoms with van der Waals surface area (Å²) in [6, 6.07) is 10.8. The first kappa shape index (κ1) is 12.4. The number of anilines is 1. The number of hydrogen-bond acceptors (Lipinski definition) is 3. The number of carboxylic acid groups (broad SMARTS) is 1. The highest BCUT2D eigenvalue weighted by atomic mass is 32.2. The molecule has 0 aliphatic carbocycles. The minimum absolute atomic E-state index is 0.0819. The lowest BCUT2D eigenvalue weighted by Gasteiger charge is -2.05. The highest BCUT2D eigenvalue weighted by molar-refractivity contribution is 7.99. The summed E-state index contributed by atoms with van der Waals surface area (Å²) in [6.45, 7) is 0. The van der Waals surface area contributed by atoms with Gasteiger partial charge in [0.2, 0.25) is 0 Å². The minimum atomic E-state index is -1.05. The Balaban J connectivity index is 2.22. The highest BCUT2D eigenvalue weighted by Gasteiger charge is 2.08. The maximum atomic E-state index is 12.7. The van der Waals surface area contributed by atoms with E-state index in [2.05, 4.69) is 0 Å². The van der Waals surface area contributed by atoms with Crippen molar-refractivity contribution in [1.82, 2.24) is 0 Å². The molecule has 0 radical (unpaired) electrons. The van der Waals surface area contributed by atoms with Gasteiger partial charge in [0.25, 0.3) is 0 Å². The van der Waals surface area contributed by atoms with E-state index < -0.39 is 5.97 Å². The number of rotatable bonds is 3. The van der Waals surface area contributed by atoms with Gasteiger partial charge in [-0.1, -0.05) is 11.8 Å². The van der Waals surface area contributed by atoms with E-state index >= 15 is 0 Å². The smallest absolute Gasteiger partial charge is 0.337 e. The van der Waals surface area contributed by atoms with Gasteiger partial charge in [0.1, 0.15) is 5.82 Å². The summed E-state index contributed by atoms with van der Waals surface area (Å²) >= 11 is 1.39. The maximum Gasteiger partial charge on any atom is 0.337 e. The van der Waals surface area contributed by atoms with Gasteiger partial charge in [0.05, 0.1) is 5.56 Å². The largest absolute Gasteiger partial charge is 0.478 e. The summed E-state index contributed by atoms with van der Waals surface area (Å²) in [5.41, 5.74) is 5.95. The van der Waals surface area contributed by atoms with Crippen LogP contribution in [-0.2, 0) is 0 Å². The highest BCUT2D eigenvalue weighted by Crippen LogP contribution is 2.30. The van der Waals surface area contributed by atoms with Crippen molar-refractivity contribution >= 4 is 23.4 Å². The van der Waals surface area contributed by atoms with Crippen LogP contribution in [0.5, 0.6) is 0 Å². The molecule has 0 aliphatic heterocycles. The summed E-state index contributed by atoms with van der Waals surface area (Å²) in [4.78, 5) is 12.5. The molecule has 5 heteroatoms. The Bertz CT molecular complexity index is 584. The summed E-state index contributed by atoms with van der Waals surface area (Å²) in [5.74, 6) is -1.34. The quantitative estimate of drug-likeness (QED) is 0.834. The van der Waals surface area contributed by atoms with Crippen molar-refractivity contribution in [1.29, 1.82) is 0 Å². The zero-order valence-corrected chi connectivity index (χ0v) is 10.1. The average molecular weight is 263 g/mol. The van der Waals surface area contributed by atoms with E-state index in [9.17, 15) is 9.18 Å². The number of aromatic carboxylic acids is 1. The van der Waals surface area contributed by atoms with Gasteiger partial charge in [-0.2, -0.15) is 0 Å². The number of hydrogen-bond donors (Lipinski definition) is 2. The van der Waals surface area contributed by atoms with Crippen LogP contribution in [0, 0.1) is 5.82 Å². The lowest BCUT2D eigenvalue weighted by molar-refractivity contribution is 0.0698. The molecule has 3 N–H and O–H groups in total. The minimum Gasteiger partial charge on any atom is -0.478 e. The summed E-state index contributed by atoms with van der Waals surface area (Å²) in [5, 5.41) is 8.85. The molecule has 0 spiro atoms. The standard InChI is InChI=1S/C13H10FNO2S/c14-8-1-3-9(4-2-8)18-10-5-6-11(13(16)17)12(15)7-10/h1-7H,15H2,(H,16,17). The van der Waals surface area contributed by atoms with Crippen LogP contribution in [0.1, 0.15) is 10.4 Å². The van der Waals surface area contributed by atoms with E-state index in [1.807, 2.05) is 0 Å². The molecular weight excluding hydrogens is 253 g/mol. The molecule has 0 bridgehead atoms. The van der Waals surface area contributed by atoms with Gasteiger partial charge in [-0.05, 0) is 42.5 Å². The third-order valence-electron chi connectivity index (χ3n) is 2.30. The van der Waals surface area contributed by atoms with Crippen molar-refractivity contribution in [3.8, 4) is 0 Å². The van der Waals surface area contributed by atoms with Crippen molar-refractivity contribution in [2.24, 2.45) is 0 Å². The van der Waals surface area contributed by atoms with Crippen molar-refractivity contribution in [2.45, 2.75) is 9.79 Å². The van der Waals surface area contributed by atoms with Gasteiger partial charge >= 0.3 is 5.97 Å². The molecule has 0 saturated heterocycles. The topological polar surface area (TPSA) is 63.3 Å². The Morgan fingerprint density at radius 1 is 1.11 bits per heavy atom. The van der Waals surface area contributed by atoms with Crippen LogP contribution in [0.15, 0.2) is 52.3 Å². The van der Waals surface area contributed by atoms with E-state index in [0.717, 1.165) is 9.79 Å². The third-order valence-corrected chi connectivity index (χ3v) is 3.30. The number of nitrogen functional groups attached to an aromatic ring is 1. The summed E-state index contributed by atoms with van der Waals surface area (Å²) in [7, 11) is 0. The monoisotopic (exact) mass is 263 g/mol. The SMILES string of the molecule is Nc1cc(Sc2ccc(F)cc2)ccc1C(=O)O. The zero-order chi connectivity index (χ0) is 13.1. The number of carbonyl (C=O) groups is 1. The fourth-order valence-corrected chi connectivity index (χ4v) is 2.30. The fourth-order valence-electron chi connectivity index (χ4n) is 1.44. The molecule has 0 aromatic heterocycles. The van der Waals surface area contributed by atoms with Crippen molar-refractivity contribution < 1.29 is 14.3 Å². The van der Waals surface area contributed by atoms with Crippen molar-refractivity contribution in [2.75, 3.05) is 5.73 Å². The van der Waals surface area contributed by atoms with Crippen LogP contribution in [0.4, 0.5) is 10.1 Å². The molecule has 92 valence electrons. The van der Waals surface area contributed by atoms with Crippen molar-refractivity contribution in [3.05, 3.63) is 53.8 Å². The Hall–Kier alpha value is -2.01. The first-order valence-electron chi connectivity index (χ1n) is 5.12. The summed E-state index contributed by atoms with van der Waals surface area (Å²) < 4.78 is 12.7. The predicted octanol–water partition coefficient (Wildman–Crippen LogP) is 3.26. The third kappa shape index (κ3) is 2.81. The number of halogens is 1. The van der Waals surface area contributed by atoms with Crippen LogP contribution in [-0.4, -0.2) is 11.1 Å². The number of carboxylic acids is 1. The fraction of sp³-hybridized carbons (Fsp3) is 0. The second-order valence-corrected chi connectivity index (χ2v) is 4.76. The van der Waals surface area contributed by atoms with E-state index in [1.54, 1.807) is 24.3 Å². The van der Waals surface area contributed by atoms with Gasteiger partial charge in [0, 0.05) is 15.5 Å². The van der Waals surface area contributed by atoms with Crippen LogP contribution >= 0.6 is 11.8 Å². The van der Waals surface area contributed by atoms with Crippen LogP contribution in [0.2, 0.25) is 0 Å². The van der Waals surface area contributed by atoms with Crippen LogP contribution in [0.25, 0.3) is 0 Å². The van der Waals surface area contributed by atoms with Gasteiger partial charge < -0.3 is 10.8 Å². The molecule has 2 aromatic carbocycles. The first-order valence-corrected chi connectivity index (χ1v) is 5.94. The van der Waals surface area contributed by atoms with Crippen molar-refractivity contribution in [3.63, 3.8) is 0 Å². The molecule has 2 aromatic rings. The van der Waals surface area contributed by atoms with Gasteiger partial charge in [0.15, 0.2) is 0 Å². The van der Waals surface area contributed by atoms with E-state index in [4.69, 9.17) is 10.8 Å². The van der Waals surface area contributed by atoms with E-state index in [0.29, 0.717) is 0 Å². The lowest BCUT2D eigenvalue weighted by atomic mass is 10.2. The molecule has 0 unspecified atom stereocenters. The number of benzene rings is 2. The Morgan fingerprint density at radius 2 is 1.72 bits per heavy atom. The van der Waals surface area contributed by atoms with Gasteiger partial charge in [-0.25, -0.2) is 9.18 Å². The molecule has 18 heavy (non-hydrogen) atoms. The molecule has 3 nitrogen and oxygen atoms in total. The molecule has 0 heterocycles. The Morgan fingerprint density at radius 3 is 2.28 bits per heavy atom. The van der Waals surface area contributed by atoms with Crippen LogP contribution < -0.4 is 5.73 Å². The normalized spacial score (nSPS) is 10.3. The van der Waals surface area contributed by atoms with Crippen LogP contribution in [0.3, 0.4) is 0 Å². The van der Waals surface area contributed by atoms with Gasteiger partial charge in [-0.15, -0.1) is 0 Å². The number of nitrogens with two attached hydrogens (primary N) is 1. The first-order chi connectivity index (χ1) is 8.56.